The van der Waals surface area contributed by atoms with E-state index in [9.17, 15) is 14.0 Å². The predicted octanol–water partition coefficient (Wildman–Crippen LogP) is 4.20. The molecular formula is C25H35FN4O2S. The molecule has 1 aliphatic heterocycles. The largest absolute Gasteiger partial charge is 0.355 e. The summed E-state index contributed by atoms with van der Waals surface area (Å²) in [5.74, 6) is 0.0225. The van der Waals surface area contributed by atoms with E-state index < -0.39 is 0 Å². The predicted molar refractivity (Wildman–Crippen MR) is 131 cm³/mol. The summed E-state index contributed by atoms with van der Waals surface area (Å²) in [6.07, 6.45) is 1.64. The van der Waals surface area contributed by atoms with Gasteiger partial charge in [-0.25, -0.2) is 9.37 Å². The number of halogens is 1. The molecule has 0 bridgehead atoms. The minimum atomic E-state index is -0.294. The maximum absolute atomic E-state index is 13.2. The summed E-state index contributed by atoms with van der Waals surface area (Å²) in [6, 6.07) is 6.17. The lowest BCUT2D eigenvalue weighted by Gasteiger charge is -2.34. The first kappa shape index (κ1) is 25.3. The highest BCUT2D eigenvalue weighted by Crippen LogP contribution is 2.31. The summed E-state index contributed by atoms with van der Waals surface area (Å²) in [5.41, 5.74) is 1.51. The average Bonchev–Trinajstić information content (AvgIpc) is 3.22. The molecule has 2 heterocycles. The van der Waals surface area contributed by atoms with Gasteiger partial charge in [0.05, 0.1) is 5.69 Å². The summed E-state index contributed by atoms with van der Waals surface area (Å²) in [7, 11) is 0. The molecule has 0 saturated carbocycles. The maximum Gasteiger partial charge on any atom is 0.265 e. The summed E-state index contributed by atoms with van der Waals surface area (Å²) in [6.45, 7) is 12.9. The number of aromatic nitrogens is 1. The van der Waals surface area contributed by atoms with Crippen LogP contribution in [0.1, 0.15) is 49.0 Å². The normalized spacial score (nSPS) is 15.6. The lowest BCUT2D eigenvalue weighted by molar-refractivity contribution is -0.126. The highest BCUT2D eigenvalue weighted by atomic mass is 32.1. The number of hydrogen-bond acceptors (Lipinski definition) is 5. The lowest BCUT2D eigenvalue weighted by atomic mass is 9.85. The number of carbonyl (C=O) groups excluding carboxylic acids is 2. The highest BCUT2D eigenvalue weighted by Gasteiger charge is 2.31. The van der Waals surface area contributed by atoms with Gasteiger partial charge < -0.3 is 15.1 Å². The molecule has 0 aliphatic carbocycles. The highest BCUT2D eigenvalue weighted by molar-refractivity contribution is 7.17. The van der Waals surface area contributed by atoms with Crippen LogP contribution < -0.4 is 5.32 Å². The van der Waals surface area contributed by atoms with Crippen molar-refractivity contribution in [3.8, 4) is 10.6 Å². The van der Waals surface area contributed by atoms with Crippen molar-refractivity contribution in [2.45, 2.75) is 40.5 Å². The quantitative estimate of drug-likeness (QED) is 0.592. The van der Waals surface area contributed by atoms with Crippen molar-refractivity contribution in [1.82, 2.24) is 20.1 Å². The van der Waals surface area contributed by atoms with E-state index in [1.807, 2.05) is 18.7 Å². The SMILES string of the molecule is CCN(CC)CCNC(=O)[C@H](C)C1CCN(C(=O)c2sc(-c3ccc(F)cc3)nc2C)CC1. The number of aryl methyl sites for hydroxylation is 1. The van der Waals surface area contributed by atoms with Crippen LogP contribution >= 0.6 is 11.3 Å². The third kappa shape index (κ3) is 6.38. The molecule has 1 saturated heterocycles. The van der Waals surface area contributed by atoms with Crippen LogP contribution in [0.15, 0.2) is 24.3 Å². The van der Waals surface area contributed by atoms with Crippen LogP contribution in [0.3, 0.4) is 0 Å². The molecule has 33 heavy (non-hydrogen) atoms. The number of likely N-dealkylation sites (N-methyl/N-ethyl adjacent to an activating group) is 1. The zero-order valence-electron chi connectivity index (χ0n) is 20.1. The third-order valence-corrected chi connectivity index (χ3v) is 7.85. The van der Waals surface area contributed by atoms with Gasteiger partial charge in [0.2, 0.25) is 5.91 Å². The first-order chi connectivity index (χ1) is 15.8. The van der Waals surface area contributed by atoms with Gasteiger partial charge in [0.15, 0.2) is 0 Å². The Labute approximate surface area is 200 Å². The number of carbonyl (C=O) groups is 2. The van der Waals surface area contributed by atoms with Gasteiger partial charge in [-0.15, -0.1) is 11.3 Å². The number of nitrogens with one attached hydrogen (secondary N) is 1. The van der Waals surface area contributed by atoms with Crippen LogP contribution in [0.5, 0.6) is 0 Å². The Morgan fingerprint density at radius 3 is 2.45 bits per heavy atom. The number of amides is 2. The Morgan fingerprint density at radius 1 is 1.21 bits per heavy atom. The van der Waals surface area contributed by atoms with Crippen molar-refractivity contribution in [3.05, 3.63) is 40.7 Å². The first-order valence-corrected chi connectivity index (χ1v) is 12.7. The Morgan fingerprint density at radius 2 is 1.85 bits per heavy atom. The van der Waals surface area contributed by atoms with Gasteiger partial charge in [-0.2, -0.15) is 0 Å². The molecule has 0 unspecified atom stereocenters. The summed E-state index contributed by atoms with van der Waals surface area (Å²) < 4.78 is 13.2. The Kier molecular flexibility index (Phi) is 8.97. The van der Waals surface area contributed by atoms with Crippen molar-refractivity contribution in [2.75, 3.05) is 39.3 Å². The summed E-state index contributed by atoms with van der Waals surface area (Å²) in [5, 5.41) is 3.80. The Bertz CT molecular complexity index is 934. The molecule has 1 N–H and O–H groups in total. The van der Waals surface area contributed by atoms with Gasteiger partial charge >= 0.3 is 0 Å². The van der Waals surface area contributed by atoms with Gasteiger partial charge in [-0.1, -0.05) is 20.8 Å². The van der Waals surface area contributed by atoms with E-state index in [0.29, 0.717) is 30.2 Å². The zero-order valence-corrected chi connectivity index (χ0v) is 20.9. The molecule has 2 aromatic rings. The minimum Gasteiger partial charge on any atom is -0.355 e. The van der Waals surface area contributed by atoms with E-state index >= 15 is 0 Å². The second-order valence-electron chi connectivity index (χ2n) is 8.68. The molecule has 3 rings (SSSR count). The number of likely N-dealkylation sites (tertiary alicyclic amines) is 1. The van der Waals surface area contributed by atoms with E-state index in [4.69, 9.17) is 0 Å². The molecule has 180 valence electrons. The van der Waals surface area contributed by atoms with E-state index in [1.54, 1.807) is 12.1 Å². The van der Waals surface area contributed by atoms with Gasteiger partial charge in [-0.3, -0.25) is 9.59 Å². The monoisotopic (exact) mass is 474 g/mol. The van der Waals surface area contributed by atoms with Crippen LogP contribution in [0.2, 0.25) is 0 Å². The van der Waals surface area contributed by atoms with Crippen LogP contribution in [0.25, 0.3) is 10.6 Å². The van der Waals surface area contributed by atoms with E-state index in [1.165, 1.54) is 23.5 Å². The van der Waals surface area contributed by atoms with Gasteiger partial charge in [-0.05, 0) is 63.0 Å². The molecule has 1 aromatic carbocycles. The summed E-state index contributed by atoms with van der Waals surface area (Å²) in [4.78, 5) is 35.1. The maximum atomic E-state index is 13.2. The van der Waals surface area contributed by atoms with Gasteiger partial charge in [0.25, 0.3) is 5.91 Å². The van der Waals surface area contributed by atoms with E-state index in [-0.39, 0.29) is 29.5 Å². The molecule has 8 heteroatoms. The van der Waals surface area contributed by atoms with Crippen molar-refractivity contribution in [3.63, 3.8) is 0 Å². The number of piperidine rings is 1. The van der Waals surface area contributed by atoms with Crippen LogP contribution in [0.4, 0.5) is 4.39 Å². The molecule has 1 aliphatic rings. The Hall–Kier alpha value is -2.32. The van der Waals surface area contributed by atoms with Crippen molar-refractivity contribution >= 4 is 23.2 Å². The smallest absolute Gasteiger partial charge is 0.265 e. The molecule has 1 fully saturated rings. The topological polar surface area (TPSA) is 65.5 Å². The van der Waals surface area contributed by atoms with Crippen LogP contribution in [0, 0.1) is 24.6 Å². The standard InChI is InChI=1S/C25H35FN4O2S/c1-5-29(6-2)16-13-27-23(31)17(3)19-11-14-30(15-12-19)25(32)22-18(4)28-24(33-22)20-7-9-21(26)10-8-20/h7-10,17,19H,5-6,11-16H2,1-4H3,(H,27,31)/t17-/m1/s1. The lowest BCUT2D eigenvalue weighted by Crippen LogP contribution is -2.43. The molecule has 1 aromatic heterocycles. The molecule has 6 nitrogen and oxygen atoms in total. The molecular weight excluding hydrogens is 439 g/mol. The van der Waals surface area contributed by atoms with Crippen molar-refractivity contribution in [2.24, 2.45) is 11.8 Å². The molecule has 2 amide bonds. The van der Waals surface area contributed by atoms with E-state index in [2.05, 4.69) is 29.0 Å². The third-order valence-electron chi connectivity index (χ3n) is 6.65. The van der Waals surface area contributed by atoms with Gasteiger partial charge in [0.1, 0.15) is 15.7 Å². The molecule has 0 spiro atoms. The number of nitrogens with zero attached hydrogens (tertiary/aromatic N) is 3. The molecule has 0 radical (unpaired) electrons. The van der Waals surface area contributed by atoms with Crippen molar-refractivity contribution < 1.29 is 14.0 Å². The summed E-state index contributed by atoms with van der Waals surface area (Å²) >= 11 is 1.35. The number of hydrogen-bond donors (Lipinski definition) is 1. The number of thiazole rings is 1. The van der Waals surface area contributed by atoms with Crippen LogP contribution in [-0.4, -0.2) is 65.9 Å². The zero-order chi connectivity index (χ0) is 24.0. The average molecular weight is 475 g/mol. The second-order valence-corrected chi connectivity index (χ2v) is 9.68. The minimum absolute atomic E-state index is 0.00635. The second kappa shape index (κ2) is 11.7. The fourth-order valence-corrected chi connectivity index (χ4v) is 5.35. The van der Waals surface area contributed by atoms with Crippen LogP contribution in [-0.2, 0) is 4.79 Å². The molecule has 1 atom stereocenters. The van der Waals surface area contributed by atoms with Gasteiger partial charge in [0, 0.05) is 37.7 Å². The van der Waals surface area contributed by atoms with Crippen molar-refractivity contribution in [1.29, 1.82) is 0 Å². The first-order valence-electron chi connectivity index (χ1n) is 11.9. The Balaban J connectivity index is 1.52. The number of benzene rings is 1. The fourth-order valence-electron chi connectivity index (χ4n) is 4.31. The number of rotatable bonds is 9. The van der Waals surface area contributed by atoms with E-state index in [0.717, 1.165) is 43.0 Å². The fraction of sp³-hybridized carbons (Fsp3) is 0.560.